The normalized spacial score (nSPS) is 23.1. The Bertz CT molecular complexity index is 401. The minimum absolute atomic E-state index is 0.174. The summed E-state index contributed by atoms with van der Waals surface area (Å²) in [6.45, 7) is 10.1. The average Bonchev–Trinajstić information content (AvgIpc) is 2.96. The highest BCUT2D eigenvalue weighted by Gasteiger charge is 2.36. The summed E-state index contributed by atoms with van der Waals surface area (Å²) in [7, 11) is 0. The second-order valence-corrected chi connectivity index (χ2v) is 6.98. The Morgan fingerprint density at radius 2 is 2.00 bits per heavy atom. The van der Waals surface area contributed by atoms with Crippen LogP contribution in [0.25, 0.3) is 0 Å². The molecular formula is C18H30N2. The topological polar surface area (TPSA) is 29.3 Å². The predicted octanol–water partition coefficient (Wildman–Crippen LogP) is 3.63. The number of benzene rings is 1. The van der Waals surface area contributed by atoms with E-state index in [0.29, 0.717) is 5.92 Å². The second kappa shape index (κ2) is 6.73. The molecule has 0 radical (unpaired) electrons. The van der Waals surface area contributed by atoms with E-state index in [1.54, 1.807) is 0 Å². The fraction of sp³-hybridized carbons (Fsp3) is 0.667. The van der Waals surface area contributed by atoms with Crippen molar-refractivity contribution in [1.29, 1.82) is 0 Å². The third-order valence-electron chi connectivity index (χ3n) is 4.92. The number of nitrogens with two attached hydrogens (primary N) is 1. The molecule has 0 saturated carbocycles. The van der Waals surface area contributed by atoms with Crippen molar-refractivity contribution in [2.45, 2.75) is 51.5 Å². The first kappa shape index (κ1) is 15.5. The Labute approximate surface area is 124 Å². The molecule has 0 amide bonds. The molecule has 2 N–H and O–H groups in total. The van der Waals surface area contributed by atoms with Crippen molar-refractivity contribution in [3.63, 3.8) is 0 Å². The fourth-order valence-electron chi connectivity index (χ4n) is 3.24. The summed E-state index contributed by atoms with van der Waals surface area (Å²) in [5, 5.41) is 0. The average molecular weight is 274 g/mol. The first-order valence-electron chi connectivity index (χ1n) is 8.05. The summed E-state index contributed by atoms with van der Waals surface area (Å²) < 4.78 is 0. The fourth-order valence-corrected chi connectivity index (χ4v) is 3.24. The van der Waals surface area contributed by atoms with Crippen LogP contribution in [0.1, 0.15) is 51.5 Å². The number of rotatable bonds is 6. The maximum Gasteiger partial charge on any atom is 0.0303 e. The molecule has 1 aliphatic heterocycles. The summed E-state index contributed by atoms with van der Waals surface area (Å²) in [5.74, 6) is 1.44. The first-order valence-corrected chi connectivity index (χ1v) is 8.05. The van der Waals surface area contributed by atoms with Gasteiger partial charge < -0.3 is 5.73 Å². The predicted molar refractivity (Wildman–Crippen MR) is 86.9 cm³/mol. The van der Waals surface area contributed by atoms with Gasteiger partial charge in [-0.15, -0.1) is 0 Å². The van der Waals surface area contributed by atoms with Crippen LogP contribution in [0.5, 0.6) is 0 Å². The molecule has 2 rings (SSSR count). The van der Waals surface area contributed by atoms with E-state index < -0.39 is 0 Å². The van der Waals surface area contributed by atoms with E-state index in [9.17, 15) is 0 Å². The van der Waals surface area contributed by atoms with Crippen LogP contribution in [-0.4, -0.2) is 30.1 Å². The molecule has 0 bridgehead atoms. The third kappa shape index (κ3) is 3.62. The number of hydrogen-bond acceptors (Lipinski definition) is 2. The SMILES string of the molecule is CC(C)CCC(C)(CN)N1CCC(c2ccccc2)C1. The zero-order valence-electron chi connectivity index (χ0n) is 13.3. The smallest absolute Gasteiger partial charge is 0.0303 e. The van der Waals surface area contributed by atoms with Crippen molar-refractivity contribution in [2.24, 2.45) is 11.7 Å². The van der Waals surface area contributed by atoms with Crippen LogP contribution in [0.3, 0.4) is 0 Å². The molecule has 112 valence electrons. The Balaban J connectivity index is 1.99. The summed E-state index contributed by atoms with van der Waals surface area (Å²) >= 11 is 0. The van der Waals surface area contributed by atoms with Crippen molar-refractivity contribution in [3.05, 3.63) is 35.9 Å². The van der Waals surface area contributed by atoms with Gasteiger partial charge in [0.1, 0.15) is 0 Å². The second-order valence-electron chi connectivity index (χ2n) is 6.98. The minimum atomic E-state index is 0.174. The molecule has 1 fully saturated rings. The number of hydrogen-bond donors (Lipinski definition) is 1. The van der Waals surface area contributed by atoms with E-state index in [-0.39, 0.29) is 5.54 Å². The summed E-state index contributed by atoms with van der Waals surface area (Å²) in [5.41, 5.74) is 7.77. The summed E-state index contributed by atoms with van der Waals surface area (Å²) in [6.07, 6.45) is 3.74. The van der Waals surface area contributed by atoms with Gasteiger partial charge in [0.25, 0.3) is 0 Å². The van der Waals surface area contributed by atoms with Crippen LogP contribution >= 0.6 is 0 Å². The van der Waals surface area contributed by atoms with Gasteiger partial charge >= 0.3 is 0 Å². The molecule has 1 heterocycles. The number of likely N-dealkylation sites (tertiary alicyclic amines) is 1. The molecule has 2 nitrogen and oxygen atoms in total. The molecule has 0 spiro atoms. The molecular weight excluding hydrogens is 244 g/mol. The van der Waals surface area contributed by atoms with Gasteiger partial charge in [0.2, 0.25) is 0 Å². The van der Waals surface area contributed by atoms with Gasteiger partial charge in [-0.3, -0.25) is 4.90 Å². The maximum absolute atomic E-state index is 6.12. The van der Waals surface area contributed by atoms with Crippen LogP contribution in [-0.2, 0) is 0 Å². The standard InChI is InChI=1S/C18H30N2/c1-15(2)9-11-18(3,14-19)20-12-10-17(13-20)16-7-5-4-6-8-16/h4-8,15,17H,9-14,19H2,1-3H3. The molecule has 1 saturated heterocycles. The van der Waals surface area contributed by atoms with Gasteiger partial charge in [0.05, 0.1) is 0 Å². The number of nitrogens with zero attached hydrogens (tertiary/aromatic N) is 1. The van der Waals surface area contributed by atoms with E-state index in [2.05, 4.69) is 56.0 Å². The Kier molecular flexibility index (Phi) is 5.22. The lowest BCUT2D eigenvalue weighted by molar-refractivity contribution is 0.123. The maximum atomic E-state index is 6.12. The molecule has 1 aromatic carbocycles. The molecule has 0 aromatic heterocycles. The van der Waals surface area contributed by atoms with Crippen molar-refractivity contribution in [2.75, 3.05) is 19.6 Å². The Hall–Kier alpha value is -0.860. The van der Waals surface area contributed by atoms with Crippen molar-refractivity contribution >= 4 is 0 Å². The highest BCUT2D eigenvalue weighted by atomic mass is 15.2. The first-order chi connectivity index (χ1) is 9.55. The highest BCUT2D eigenvalue weighted by molar-refractivity contribution is 5.21. The summed E-state index contributed by atoms with van der Waals surface area (Å²) in [4.78, 5) is 2.63. The van der Waals surface area contributed by atoms with Crippen molar-refractivity contribution in [3.8, 4) is 0 Å². The lowest BCUT2D eigenvalue weighted by Crippen LogP contribution is -2.50. The van der Waals surface area contributed by atoms with E-state index in [1.807, 2.05) is 0 Å². The highest BCUT2D eigenvalue weighted by Crippen LogP contribution is 2.33. The lowest BCUT2D eigenvalue weighted by Gasteiger charge is -2.39. The molecule has 1 aliphatic rings. The van der Waals surface area contributed by atoms with Crippen LogP contribution in [0.4, 0.5) is 0 Å². The quantitative estimate of drug-likeness (QED) is 0.858. The Morgan fingerprint density at radius 3 is 2.60 bits per heavy atom. The van der Waals surface area contributed by atoms with E-state index >= 15 is 0 Å². The molecule has 2 unspecified atom stereocenters. The van der Waals surface area contributed by atoms with Gasteiger partial charge in [-0.25, -0.2) is 0 Å². The van der Waals surface area contributed by atoms with Gasteiger partial charge in [-0.05, 0) is 50.1 Å². The molecule has 2 atom stereocenters. The van der Waals surface area contributed by atoms with Crippen molar-refractivity contribution in [1.82, 2.24) is 4.90 Å². The van der Waals surface area contributed by atoms with Gasteiger partial charge in [0, 0.05) is 18.6 Å². The third-order valence-corrected chi connectivity index (χ3v) is 4.92. The zero-order valence-corrected chi connectivity index (χ0v) is 13.3. The molecule has 0 aliphatic carbocycles. The van der Waals surface area contributed by atoms with Crippen LogP contribution in [0, 0.1) is 5.92 Å². The van der Waals surface area contributed by atoms with Gasteiger partial charge in [-0.1, -0.05) is 44.2 Å². The van der Waals surface area contributed by atoms with Crippen LogP contribution in [0.15, 0.2) is 30.3 Å². The molecule has 2 heteroatoms. The largest absolute Gasteiger partial charge is 0.329 e. The Morgan fingerprint density at radius 1 is 1.30 bits per heavy atom. The van der Waals surface area contributed by atoms with Gasteiger partial charge in [0.15, 0.2) is 0 Å². The lowest BCUT2D eigenvalue weighted by atomic mass is 9.90. The molecule has 20 heavy (non-hydrogen) atoms. The van der Waals surface area contributed by atoms with E-state index in [4.69, 9.17) is 5.73 Å². The monoisotopic (exact) mass is 274 g/mol. The van der Waals surface area contributed by atoms with Crippen LogP contribution in [0.2, 0.25) is 0 Å². The van der Waals surface area contributed by atoms with Crippen LogP contribution < -0.4 is 5.73 Å². The minimum Gasteiger partial charge on any atom is -0.329 e. The van der Waals surface area contributed by atoms with Gasteiger partial charge in [-0.2, -0.15) is 0 Å². The van der Waals surface area contributed by atoms with E-state index in [1.165, 1.54) is 31.4 Å². The van der Waals surface area contributed by atoms with E-state index in [0.717, 1.165) is 19.0 Å². The zero-order chi connectivity index (χ0) is 14.6. The van der Waals surface area contributed by atoms with Crippen molar-refractivity contribution < 1.29 is 0 Å². The molecule has 1 aromatic rings. The summed E-state index contributed by atoms with van der Waals surface area (Å²) in [6, 6.07) is 10.9.